The molecule has 0 saturated heterocycles. The van der Waals surface area contributed by atoms with E-state index in [2.05, 4.69) is 11.5 Å². The van der Waals surface area contributed by atoms with Crippen LogP contribution >= 0.6 is 0 Å². The predicted octanol–water partition coefficient (Wildman–Crippen LogP) is -0.812. The molecule has 0 aromatic rings. The van der Waals surface area contributed by atoms with E-state index in [1.165, 1.54) is 20.8 Å². The molecule has 0 unspecified atom stereocenters. The number of rotatable bonds is 0. The summed E-state index contributed by atoms with van der Waals surface area (Å²) in [4.78, 5) is 27.2. The molecule has 0 aliphatic heterocycles. The SMILES string of the molecule is CC(C)=O.CC(N)=O.NC=O. The van der Waals surface area contributed by atoms with Gasteiger partial charge in [0, 0.05) is 6.92 Å². The van der Waals surface area contributed by atoms with Gasteiger partial charge in [-0.25, -0.2) is 0 Å². The van der Waals surface area contributed by atoms with Gasteiger partial charge in [-0.15, -0.1) is 0 Å². The Balaban J connectivity index is -0.0000000886. The minimum atomic E-state index is -0.333. The number of hydrogen-bond acceptors (Lipinski definition) is 3. The van der Waals surface area contributed by atoms with Gasteiger partial charge in [0.2, 0.25) is 12.3 Å². The molecule has 0 spiro atoms. The maximum Gasteiger partial charge on any atom is 0.214 e. The number of carbonyl (C=O) groups is 3. The average molecular weight is 162 g/mol. The Kier molecular flexibility index (Phi) is 23.5. The highest BCUT2D eigenvalue weighted by Gasteiger charge is 1.62. The number of ketones is 1. The summed E-state index contributed by atoms with van der Waals surface area (Å²) in [6.45, 7) is 4.36. The van der Waals surface area contributed by atoms with Crippen LogP contribution in [0.25, 0.3) is 0 Å². The van der Waals surface area contributed by atoms with Crippen LogP contribution in [0, 0.1) is 0 Å². The molecule has 5 heteroatoms. The van der Waals surface area contributed by atoms with Crippen LogP contribution < -0.4 is 11.5 Å². The lowest BCUT2D eigenvalue weighted by Gasteiger charge is -1.60. The second-order valence-electron chi connectivity index (χ2n) is 1.65. The molecule has 2 amide bonds. The van der Waals surface area contributed by atoms with Crippen molar-refractivity contribution < 1.29 is 14.4 Å². The highest BCUT2D eigenvalue weighted by Crippen LogP contribution is 1.50. The van der Waals surface area contributed by atoms with Crippen LogP contribution in [0.15, 0.2) is 0 Å². The second-order valence-corrected chi connectivity index (χ2v) is 1.65. The van der Waals surface area contributed by atoms with Crippen molar-refractivity contribution >= 4 is 18.1 Å². The molecule has 0 heterocycles. The third-order valence-electron chi connectivity index (χ3n) is 0. The number of carbonyl (C=O) groups excluding carboxylic acids is 3. The van der Waals surface area contributed by atoms with Crippen molar-refractivity contribution in [2.45, 2.75) is 20.8 Å². The van der Waals surface area contributed by atoms with E-state index in [-0.39, 0.29) is 18.1 Å². The molecule has 11 heavy (non-hydrogen) atoms. The Morgan fingerprint density at radius 3 is 1.18 bits per heavy atom. The third-order valence-corrected chi connectivity index (χ3v) is 0. The first kappa shape index (κ1) is 16.3. The first-order valence-electron chi connectivity index (χ1n) is 2.77. The molecule has 5 nitrogen and oxygen atoms in total. The van der Waals surface area contributed by atoms with E-state index in [1.54, 1.807) is 0 Å². The zero-order chi connectivity index (χ0) is 9.86. The van der Waals surface area contributed by atoms with Crippen molar-refractivity contribution in [2.75, 3.05) is 0 Å². The molecule has 0 radical (unpaired) electrons. The van der Waals surface area contributed by atoms with Crippen LogP contribution in [-0.2, 0) is 14.4 Å². The lowest BCUT2D eigenvalue weighted by molar-refractivity contribution is -0.116. The maximum absolute atomic E-state index is 9.44. The smallest absolute Gasteiger partial charge is 0.214 e. The summed E-state index contributed by atoms with van der Waals surface area (Å²) in [5.41, 5.74) is 8.64. The molecule has 4 N–H and O–H groups in total. The summed E-state index contributed by atoms with van der Waals surface area (Å²) in [6.07, 6.45) is 0.250. The molecule has 0 atom stereocenters. The fourth-order valence-electron chi connectivity index (χ4n) is 0. The van der Waals surface area contributed by atoms with E-state index >= 15 is 0 Å². The van der Waals surface area contributed by atoms with E-state index in [1.807, 2.05) is 0 Å². The Labute approximate surface area is 65.7 Å². The Bertz CT molecular complexity index is 103. The Morgan fingerprint density at radius 2 is 1.18 bits per heavy atom. The van der Waals surface area contributed by atoms with Gasteiger partial charge >= 0.3 is 0 Å². The van der Waals surface area contributed by atoms with Crippen LogP contribution in [0.2, 0.25) is 0 Å². The van der Waals surface area contributed by atoms with E-state index in [0.717, 1.165) is 0 Å². The summed E-state index contributed by atoms with van der Waals surface area (Å²) in [7, 11) is 0. The molecule has 0 bridgehead atoms. The molecule has 0 aliphatic rings. The third kappa shape index (κ3) is 195. The zero-order valence-corrected chi connectivity index (χ0v) is 6.96. The van der Waals surface area contributed by atoms with Crippen molar-refractivity contribution in [3.8, 4) is 0 Å². The van der Waals surface area contributed by atoms with Crippen LogP contribution in [0.5, 0.6) is 0 Å². The van der Waals surface area contributed by atoms with Gasteiger partial charge in [-0.2, -0.15) is 0 Å². The molecule has 0 aromatic heterocycles. The summed E-state index contributed by atoms with van der Waals surface area (Å²) in [5.74, 6) is -0.167. The summed E-state index contributed by atoms with van der Waals surface area (Å²) in [6, 6.07) is 0. The standard InChI is InChI=1S/C3H6O.C2H5NO.CH3NO/c1-3(2)4;1-2(3)4;2-1-3/h1-2H3;1H3,(H2,3,4);1H,(H2,2,3). The molecule has 0 rings (SSSR count). The number of amides is 2. The van der Waals surface area contributed by atoms with Crippen molar-refractivity contribution in [3.63, 3.8) is 0 Å². The van der Waals surface area contributed by atoms with Gasteiger partial charge in [-0.05, 0) is 13.8 Å². The van der Waals surface area contributed by atoms with Crippen molar-refractivity contribution in [2.24, 2.45) is 11.5 Å². The molecule has 66 valence electrons. The molecule has 0 fully saturated rings. The average Bonchev–Trinajstić information content (AvgIpc) is 1.60. The van der Waals surface area contributed by atoms with Crippen LogP contribution in [-0.4, -0.2) is 18.1 Å². The van der Waals surface area contributed by atoms with Crippen LogP contribution in [0.4, 0.5) is 0 Å². The van der Waals surface area contributed by atoms with Gasteiger partial charge in [0.25, 0.3) is 0 Å². The van der Waals surface area contributed by atoms with Crippen molar-refractivity contribution in [3.05, 3.63) is 0 Å². The molecule has 0 saturated carbocycles. The normalized spacial score (nSPS) is 5.73. The number of primary amides is 2. The van der Waals surface area contributed by atoms with E-state index in [9.17, 15) is 9.59 Å². The molecular weight excluding hydrogens is 148 g/mol. The largest absolute Gasteiger partial charge is 0.372 e. The van der Waals surface area contributed by atoms with Crippen molar-refractivity contribution in [1.29, 1.82) is 0 Å². The monoisotopic (exact) mass is 162 g/mol. The lowest BCUT2D eigenvalue weighted by atomic mass is 10.6. The lowest BCUT2D eigenvalue weighted by Crippen LogP contribution is -2.01. The summed E-state index contributed by atoms with van der Waals surface area (Å²) in [5, 5.41) is 0. The van der Waals surface area contributed by atoms with Gasteiger partial charge in [-0.3, -0.25) is 9.59 Å². The summed E-state index contributed by atoms with van der Waals surface area (Å²) >= 11 is 0. The van der Waals surface area contributed by atoms with E-state index in [4.69, 9.17) is 4.79 Å². The first-order valence-corrected chi connectivity index (χ1v) is 2.77. The molecule has 0 aromatic carbocycles. The quantitative estimate of drug-likeness (QED) is 0.455. The first-order chi connectivity index (χ1) is 4.88. The van der Waals surface area contributed by atoms with E-state index in [0.29, 0.717) is 0 Å². The van der Waals surface area contributed by atoms with Gasteiger partial charge in [0.15, 0.2) is 0 Å². The highest BCUT2D eigenvalue weighted by atomic mass is 16.1. The van der Waals surface area contributed by atoms with Crippen LogP contribution in [0.3, 0.4) is 0 Å². The minimum Gasteiger partial charge on any atom is -0.372 e. The van der Waals surface area contributed by atoms with Gasteiger partial charge in [-0.1, -0.05) is 0 Å². The summed E-state index contributed by atoms with van der Waals surface area (Å²) < 4.78 is 0. The number of Topliss-reactive ketones (excluding diaryl/α,β-unsaturated/α-hetero) is 1. The maximum atomic E-state index is 9.44. The topological polar surface area (TPSA) is 103 Å². The van der Waals surface area contributed by atoms with Crippen LogP contribution in [0.1, 0.15) is 20.8 Å². The minimum absolute atomic E-state index is 0.167. The molecular formula is C6H14N2O3. The van der Waals surface area contributed by atoms with Gasteiger partial charge in [0.05, 0.1) is 0 Å². The second kappa shape index (κ2) is 15.8. The number of nitrogens with two attached hydrogens (primary N) is 2. The highest BCUT2D eigenvalue weighted by molar-refractivity contribution is 5.72. The van der Waals surface area contributed by atoms with E-state index < -0.39 is 0 Å². The Hall–Kier alpha value is -1.39. The van der Waals surface area contributed by atoms with Gasteiger partial charge in [0.1, 0.15) is 5.78 Å². The fraction of sp³-hybridized carbons (Fsp3) is 0.500. The van der Waals surface area contributed by atoms with Gasteiger partial charge < -0.3 is 16.3 Å². The number of hydrogen-bond donors (Lipinski definition) is 2. The zero-order valence-electron chi connectivity index (χ0n) is 6.96. The molecule has 0 aliphatic carbocycles. The Morgan fingerprint density at radius 1 is 1.18 bits per heavy atom. The van der Waals surface area contributed by atoms with Crippen molar-refractivity contribution in [1.82, 2.24) is 0 Å². The fourth-order valence-corrected chi connectivity index (χ4v) is 0. The predicted molar refractivity (Wildman–Crippen MR) is 41.5 cm³/mol.